The van der Waals surface area contributed by atoms with Crippen LogP contribution >= 0.6 is 22.7 Å². The SMILES string of the molecule is CCc1ccc(CCc2cc3ccc4c(ccc5cc(CCc6ccc(CC)cc6)sc54)c3s2)cc1. The van der Waals surface area contributed by atoms with E-state index in [1.165, 1.54) is 63.0 Å². The summed E-state index contributed by atoms with van der Waals surface area (Å²) in [6, 6.07) is 32.5. The van der Waals surface area contributed by atoms with Crippen LogP contribution in [0.15, 0.2) is 84.9 Å². The monoisotopic (exact) mass is 504 g/mol. The number of thiophene rings is 2. The minimum absolute atomic E-state index is 1.11. The van der Waals surface area contributed by atoms with E-state index in [0.717, 1.165) is 38.5 Å². The number of rotatable bonds is 8. The van der Waals surface area contributed by atoms with Crippen molar-refractivity contribution in [1.29, 1.82) is 0 Å². The summed E-state index contributed by atoms with van der Waals surface area (Å²) in [5, 5.41) is 5.59. The van der Waals surface area contributed by atoms with Gasteiger partial charge in [0.1, 0.15) is 0 Å². The Bertz CT molecular complexity index is 1500. The Morgan fingerprint density at radius 2 is 0.833 bits per heavy atom. The summed E-state index contributed by atoms with van der Waals surface area (Å²) in [5.74, 6) is 0. The molecule has 0 saturated carbocycles. The molecule has 6 aromatic rings. The van der Waals surface area contributed by atoms with Crippen molar-refractivity contribution in [2.45, 2.75) is 52.4 Å². The van der Waals surface area contributed by atoms with Gasteiger partial charge in [0.05, 0.1) is 0 Å². The molecule has 0 bridgehead atoms. The topological polar surface area (TPSA) is 0 Å². The largest absolute Gasteiger partial charge is 0.140 e. The number of hydrogen-bond donors (Lipinski definition) is 0. The molecular formula is C34H32S2. The molecule has 0 spiro atoms. The van der Waals surface area contributed by atoms with Crippen LogP contribution in [0.2, 0.25) is 0 Å². The lowest BCUT2D eigenvalue weighted by Gasteiger charge is -2.02. The molecule has 4 aromatic carbocycles. The molecule has 0 aliphatic heterocycles. The van der Waals surface area contributed by atoms with E-state index in [1.54, 1.807) is 0 Å². The fourth-order valence-electron chi connectivity index (χ4n) is 5.17. The Labute approximate surface area is 222 Å². The zero-order chi connectivity index (χ0) is 24.5. The van der Waals surface area contributed by atoms with Crippen molar-refractivity contribution in [2.75, 3.05) is 0 Å². The Morgan fingerprint density at radius 3 is 1.22 bits per heavy atom. The summed E-state index contributed by atoms with van der Waals surface area (Å²) in [7, 11) is 0. The molecule has 2 aromatic heterocycles. The van der Waals surface area contributed by atoms with E-state index < -0.39 is 0 Å². The third-order valence-corrected chi connectivity index (χ3v) is 9.93. The van der Waals surface area contributed by atoms with Gasteiger partial charge in [0.2, 0.25) is 0 Å². The molecule has 0 atom stereocenters. The van der Waals surface area contributed by atoms with E-state index in [2.05, 4.69) is 98.8 Å². The zero-order valence-electron chi connectivity index (χ0n) is 21.1. The molecule has 0 fully saturated rings. The first-order valence-corrected chi connectivity index (χ1v) is 14.9. The lowest BCUT2D eigenvalue weighted by molar-refractivity contribution is 0.977. The zero-order valence-corrected chi connectivity index (χ0v) is 22.8. The van der Waals surface area contributed by atoms with Gasteiger partial charge in [-0.3, -0.25) is 0 Å². The van der Waals surface area contributed by atoms with Gasteiger partial charge < -0.3 is 0 Å². The van der Waals surface area contributed by atoms with Gasteiger partial charge in [0, 0.05) is 29.9 Å². The van der Waals surface area contributed by atoms with Crippen LogP contribution in [0.5, 0.6) is 0 Å². The molecule has 0 aliphatic rings. The maximum atomic E-state index is 2.41. The van der Waals surface area contributed by atoms with Crippen LogP contribution in [-0.2, 0) is 38.5 Å². The Morgan fingerprint density at radius 1 is 0.444 bits per heavy atom. The van der Waals surface area contributed by atoms with E-state index in [-0.39, 0.29) is 0 Å². The maximum absolute atomic E-state index is 2.41. The predicted molar refractivity (Wildman–Crippen MR) is 161 cm³/mol. The molecule has 0 saturated heterocycles. The normalized spacial score (nSPS) is 11.7. The second-order valence-electron chi connectivity index (χ2n) is 9.83. The third-order valence-electron chi connectivity index (χ3n) is 7.44. The van der Waals surface area contributed by atoms with E-state index in [0.29, 0.717) is 0 Å². The minimum Gasteiger partial charge on any atom is -0.140 e. The van der Waals surface area contributed by atoms with Crippen molar-refractivity contribution in [3.63, 3.8) is 0 Å². The van der Waals surface area contributed by atoms with Crippen LogP contribution < -0.4 is 0 Å². The highest BCUT2D eigenvalue weighted by atomic mass is 32.1. The quantitative estimate of drug-likeness (QED) is 0.193. The van der Waals surface area contributed by atoms with Gasteiger partial charge in [-0.1, -0.05) is 86.6 Å². The standard InChI is InChI=1S/C34H32S2/c1-3-23-5-9-25(10-6-23)13-17-29-21-27-15-19-32-31(33(27)35-29)20-16-28-22-30(36-34(28)32)18-14-26-11-7-24(4-2)8-12-26/h5-12,15-16,19-22H,3-4,13-14,17-18H2,1-2H3. The third kappa shape index (κ3) is 4.73. The second kappa shape index (κ2) is 10.2. The smallest absolute Gasteiger partial charge is 0.0424 e. The second-order valence-corrected chi connectivity index (χ2v) is 12.1. The Balaban J connectivity index is 1.24. The number of hydrogen-bond acceptors (Lipinski definition) is 2. The molecular weight excluding hydrogens is 473 g/mol. The van der Waals surface area contributed by atoms with Crippen LogP contribution in [0.25, 0.3) is 30.9 Å². The highest BCUT2D eigenvalue weighted by Crippen LogP contribution is 2.39. The molecule has 0 radical (unpaired) electrons. The van der Waals surface area contributed by atoms with Crippen molar-refractivity contribution in [3.05, 3.63) is 117 Å². The molecule has 36 heavy (non-hydrogen) atoms. The Hall–Kier alpha value is -2.94. The summed E-state index contributed by atoms with van der Waals surface area (Å²) in [6.07, 6.45) is 6.64. The summed E-state index contributed by atoms with van der Waals surface area (Å²) in [5.41, 5.74) is 5.70. The molecule has 0 nitrogen and oxygen atoms in total. The Kier molecular flexibility index (Phi) is 6.65. The molecule has 0 N–H and O–H groups in total. The van der Waals surface area contributed by atoms with E-state index in [1.807, 2.05) is 22.7 Å². The first-order chi connectivity index (χ1) is 17.7. The van der Waals surface area contributed by atoms with Gasteiger partial charge in [-0.15, -0.1) is 22.7 Å². The summed E-state index contributed by atoms with van der Waals surface area (Å²) >= 11 is 3.97. The van der Waals surface area contributed by atoms with Crippen LogP contribution in [0.4, 0.5) is 0 Å². The van der Waals surface area contributed by atoms with E-state index >= 15 is 0 Å². The van der Waals surface area contributed by atoms with Gasteiger partial charge in [-0.2, -0.15) is 0 Å². The first-order valence-electron chi connectivity index (χ1n) is 13.2. The van der Waals surface area contributed by atoms with Crippen molar-refractivity contribution < 1.29 is 0 Å². The average Bonchev–Trinajstić information content (AvgIpc) is 3.55. The summed E-state index contributed by atoms with van der Waals surface area (Å²) < 4.78 is 2.88. The number of benzene rings is 4. The van der Waals surface area contributed by atoms with E-state index in [4.69, 9.17) is 0 Å². The van der Waals surface area contributed by atoms with E-state index in [9.17, 15) is 0 Å². The van der Waals surface area contributed by atoms with Crippen molar-refractivity contribution in [2.24, 2.45) is 0 Å². The lowest BCUT2D eigenvalue weighted by atomic mass is 10.0. The van der Waals surface area contributed by atoms with Crippen molar-refractivity contribution in [1.82, 2.24) is 0 Å². The first kappa shape index (κ1) is 23.5. The fraction of sp³-hybridized carbons (Fsp3) is 0.235. The summed E-state index contributed by atoms with van der Waals surface area (Å²) in [6.45, 7) is 4.43. The van der Waals surface area contributed by atoms with Gasteiger partial charge in [0.25, 0.3) is 0 Å². The molecule has 2 heterocycles. The van der Waals surface area contributed by atoms with Crippen LogP contribution in [0.1, 0.15) is 45.9 Å². The highest BCUT2D eigenvalue weighted by molar-refractivity contribution is 7.21. The van der Waals surface area contributed by atoms with Crippen molar-refractivity contribution in [3.8, 4) is 0 Å². The molecule has 0 amide bonds. The fourth-order valence-corrected chi connectivity index (χ4v) is 7.54. The molecule has 6 rings (SSSR count). The van der Waals surface area contributed by atoms with Crippen LogP contribution in [0.3, 0.4) is 0 Å². The highest BCUT2D eigenvalue weighted by Gasteiger charge is 2.11. The van der Waals surface area contributed by atoms with Gasteiger partial charge >= 0.3 is 0 Å². The maximum Gasteiger partial charge on any atom is 0.0424 e. The van der Waals surface area contributed by atoms with Crippen LogP contribution in [0, 0.1) is 0 Å². The van der Waals surface area contributed by atoms with Gasteiger partial charge in [-0.05, 0) is 83.7 Å². The minimum atomic E-state index is 1.11. The molecule has 0 aliphatic carbocycles. The van der Waals surface area contributed by atoms with Crippen molar-refractivity contribution >= 4 is 53.6 Å². The van der Waals surface area contributed by atoms with Gasteiger partial charge in [-0.25, -0.2) is 0 Å². The molecule has 0 unspecified atom stereocenters. The molecule has 180 valence electrons. The number of fused-ring (bicyclic) bond motifs is 5. The lowest BCUT2D eigenvalue weighted by Crippen LogP contribution is -1.89. The predicted octanol–water partition coefficient (Wildman–Crippen LogP) is 9.96. The average molecular weight is 505 g/mol. The summed E-state index contributed by atoms with van der Waals surface area (Å²) in [4.78, 5) is 2.97. The molecule has 2 heteroatoms. The number of aryl methyl sites for hydroxylation is 6. The van der Waals surface area contributed by atoms with Crippen LogP contribution in [-0.4, -0.2) is 0 Å². The van der Waals surface area contributed by atoms with Gasteiger partial charge in [0.15, 0.2) is 0 Å².